The number of carbonyl (C=O) groups excluding carboxylic acids is 1. The van der Waals surface area contributed by atoms with Gasteiger partial charge in [-0.3, -0.25) is 4.79 Å². The molecule has 37 heavy (non-hydrogen) atoms. The Labute approximate surface area is 217 Å². The van der Waals surface area contributed by atoms with Gasteiger partial charge in [-0.15, -0.1) is 0 Å². The van der Waals surface area contributed by atoms with E-state index in [1.807, 2.05) is 30.3 Å². The average Bonchev–Trinajstić information content (AvgIpc) is 3.51. The van der Waals surface area contributed by atoms with Gasteiger partial charge in [0.15, 0.2) is 5.16 Å². The monoisotopic (exact) mass is 514 g/mol. The highest BCUT2D eigenvalue weighted by atomic mass is 32.2. The molecule has 1 N–H and O–H groups in total. The number of hydrogen-bond acceptors (Lipinski definition) is 4. The number of aromatic amines is 1. The van der Waals surface area contributed by atoms with Gasteiger partial charge in [0.25, 0.3) is 5.91 Å². The lowest BCUT2D eigenvalue weighted by atomic mass is 9.77. The number of hydrogen-bond donors (Lipinski definition) is 1. The van der Waals surface area contributed by atoms with Crippen LogP contribution in [0.1, 0.15) is 36.4 Å². The minimum Gasteiger partial charge on any atom is -0.333 e. The quantitative estimate of drug-likeness (QED) is 0.300. The van der Waals surface area contributed by atoms with Crippen LogP contribution in [0.25, 0.3) is 17.1 Å². The van der Waals surface area contributed by atoms with Gasteiger partial charge in [0.1, 0.15) is 11.6 Å². The summed E-state index contributed by atoms with van der Waals surface area (Å²) in [4.78, 5) is 21.4. The number of fused-ring (bicyclic) bond motifs is 2. The molecule has 1 aliphatic carbocycles. The fraction of sp³-hybridized carbons (Fsp3) is 0.207. The SMILES string of the molecule is O=C(CSc1nc2ccccc2[nH]1)N1N=C2C(=Cc3ccc(F)cc3)CCCC2C1c1ccc(F)cc1. The molecule has 2 heterocycles. The Morgan fingerprint density at radius 3 is 2.51 bits per heavy atom. The van der Waals surface area contributed by atoms with Crippen LogP contribution >= 0.6 is 11.8 Å². The summed E-state index contributed by atoms with van der Waals surface area (Å²) in [5.74, 6) is -0.564. The third kappa shape index (κ3) is 4.81. The Bertz CT molecular complexity index is 1480. The van der Waals surface area contributed by atoms with E-state index in [1.54, 1.807) is 29.3 Å². The number of carbonyl (C=O) groups is 1. The number of nitrogens with one attached hydrogen (secondary N) is 1. The van der Waals surface area contributed by atoms with Gasteiger partial charge in [0.2, 0.25) is 0 Å². The highest BCUT2D eigenvalue weighted by molar-refractivity contribution is 7.99. The lowest BCUT2D eigenvalue weighted by molar-refractivity contribution is -0.130. The number of aromatic nitrogens is 2. The maximum absolute atomic E-state index is 13.7. The first-order valence-corrected chi connectivity index (χ1v) is 13.2. The maximum atomic E-state index is 13.7. The first kappa shape index (κ1) is 23.6. The van der Waals surface area contributed by atoms with Crippen LogP contribution in [-0.2, 0) is 4.79 Å². The van der Waals surface area contributed by atoms with Gasteiger partial charge >= 0.3 is 0 Å². The standard InChI is InChI=1S/C29H24F2N4OS/c30-21-12-8-18(9-13-21)16-20-4-3-5-23-27(20)34-35(28(23)19-10-14-22(31)15-11-19)26(36)17-37-29-32-24-6-1-2-7-25(24)33-29/h1-2,6-16,23,28H,3-5,17H2,(H,32,33). The Morgan fingerprint density at radius 2 is 1.76 bits per heavy atom. The van der Waals surface area contributed by atoms with Crippen LogP contribution in [-0.4, -0.2) is 32.3 Å². The summed E-state index contributed by atoms with van der Waals surface area (Å²) in [6, 6.07) is 20.1. The Hall–Kier alpha value is -3.78. The third-order valence-corrected chi connectivity index (χ3v) is 7.74. The fourth-order valence-corrected chi connectivity index (χ4v) is 5.89. The van der Waals surface area contributed by atoms with Crippen LogP contribution in [0, 0.1) is 17.6 Å². The second-order valence-corrected chi connectivity index (χ2v) is 10.3. The smallest absolute Gasteiger partial charge is 0.253 e. The van der Waals surface area contributed by atoms with Gasteiger partial charge in [0, 0.05) is 5.92 Å². The topological polar surface area (TPSA) is 61.4 Å². The molecule has 0 radical (unpaired) electrons. The maximum Gasteiger partial charge on any atom is 0.253 e. The summed E-state index contributed by atoms with van der Waals surface area (Å²) in [5, 5.41) is 7.11. The van der Waals surface area contributed by atoms with E-state index in [2.05, 4.69) is 9.97 Å². The lowest BCUT2D eigenvalue weighted by Crippen LogP contribution is -2.32. The van der Waals surface area contributed by atoms with Gasteiger partial charge in [-0.1, -0.05) is 48.2 Å². The predicted octanol–water partition coefficient (Wildman–Crippen LogP) is 6.76. The summed E-state index contributed by atoms with van der Waals surface area (Å²) in [5.41, 5.74) is 5.45. The minimum atomic E-state index is -0.318. The number of H-pyrrole nitrogens is 1. The van der Waals surface area contributed by atoms with E-state index >= 15 is 0 Å². The third-order valence-electron chi connectivity index (χ3n) is 6.88. The molecule has 1 aliphatic heterocycles. The van der Waals surface area contributed by atoms with Gasteiger partial charge in [-0.2, -0.15) is 5.10 Å². The number of rotatable bonds is 5. The molecule has 1 amide bonds. The molecule has 0 spiro atoms. The molecule has 2 aliphatic rings. The van der Waals surface area contributed by atoms with E-state index in [0.717, 1.165) is 52.7 Å². The van der Waals surface area contributed by atoms with Gasteiger partial charge < -0.3 is 4.98 Å². The molecule has 0 bridgehead atoms. The molecule has 5 nitrogen and oxygen atoms in total. The zero-order valence-electron chi connectivity index (χ0n) is 19.9. The van der Waals surface area contributed by atoms with Crippen molar-refractivity contribution in [1.82, 2.24) is 15.0 Å². The average molecular weight is 515 g/mol. The normalized spacial score (nSPS) is 20.3. The van der Waals surface area contributed by atoms with Crippen molar-refractivity contribution in [3.8, 4) is 0 Å². The number of para-hydroxylation sites is 2. The molecule has 0 saturated heterocycles. The summed E-state index contributed by atoms with van der Waals surface area (Å²) in [6.45, 7) is 0. The molecule has 1 saturated carbocycles. The number of hydrazone groups is 1. The van der Waals surface area contributed by atoms with Crippen LogP contribution in [0.2, 0.25) is 0 Å². The lowest BCUT2D eigenvalue weighted by Gasteiger charge is -2.29. The minimum absolute atomic E-state index is 0.00561. The van der Waals surface area contributed by atoms with Crippen LogP contribution in [0.3, 0.4) is 0 Å². The van der Waals surface area contributed by atoms with Gasteiger partial charge in [-0.05, 0) is 78.4 Å². The molecular weight excluding hydrogens is 490 g/mol. The number of benzene rings is 3. The van der Waals surface area contributed by atoms with E-state index in [9.17, 15) is 13.6 Å². The zero-order chi connectivity index (χ0) is 25.4. The van der Waals surface area contributed by atoms with Crippen molar-refractivity contribution >= 4 is 40.5 Å². The fourth-order valence-electron chi connectivity index (χ4n) is 5.15. The van der Waals surface area contributed by atoms with E-state index in [0.29, 0.717) is 5.16 Å². The van der Waals surface area contributed by atoms with Crippen LogP contribution < -0.4 is 0 Å². The largest absolute Gasteiger partial charge is 0.333 e. The van der Waals surface area contributed by atoms with E-state index in [-0.39, 0.29) is 35.3 Å². The second-order valence-electron chi connectivity index (χ2n) is 9.29. The molecule has 1 fully saturated rings. The van der Waals surface area contributed by atoms with E-state index < -0.39 is 0 Å². The summed E-state index contributed by atoms with van der Waals surface area (Å²) in [6.07, 6.45) is 4.69. The molecule has 3 aromatic carbocycles. The summed E-state index contributed by atoms with van der Waals surface area (Å²) in [7, 11) is 0. The molecule has 8 heteroatoms. The number of amides is 1. The van der Waals surface area contributed by atoms with Crippen LogP contribution in [0.5, 0.6) is 0 Å². The Morgan fingerprint density at radius 1 is 1.03 bits per heavy atom. The summed E-state index contributed by atoms with van der Waals surface area (Å²) < 4.78 is 27.2. The van der Waals surface area contributed by atoms with Gasteiger partial charge in [-0.25, -0.2) is 18.8 Å². The molecular formula is C29H24F2N4OS. The summed E-state index contributed by atoms with van der Waals surface area (Å²) >= 11 is 1.34. The van der Waals surface area contributed by atoms with Crippen molar-refractivity contribution in [1.29, 1.82) is 0 Å². The highest BCUT2D eigenvalue weighted by Crippen LogP contribution is 2.44. The number of halogens is 2. The Balaban J connectivity index is 1.31. The van der Waals surface area contributed by atoms with Crippen molar-refractivity contribution in [3.63, 3.8) is 0 Å². The van der Waals surface area contributed by atoms with Crippen molar-refractivity contribution in [3.05, 3.63) is 101 Å². The second kappa shape index (κ2) is 9.94. The van der Waals surface area contributed by atoms with Crippen LogP contribution in [0.15, 0.2) is 88.6 Å². The highest BCUT2D eigenvalue weighted by Gasteiger charge is 2.43. The molecule has 2 unspecified atom stereocenters. The number of nitrogens with zero attached hydrogens (tertiary/aromatic N) is 3. The molecule has 2 atom stereocenters. The molecule has 186 valence electrons. The first-order chi connectivity index (χ1) is 18.0. The van der Waals surface area contributed by atoms with Crippen LogP contribution in [0.4, 0.5) is 8.78 Å². The number of allylic oxidation sites excluding steroid dienone is 1. The van der Waals surface area contributed by atoms with Crippen molar-refractivity contribution in [2.45, 2.75) is 30.5 Å². The number of imidazole rings is 1. The number of thioether (sulfide) groups is 1. The molecule has 4 aromatic rings. The zero-order valence-corrected chi connectivity index (χ0v) is 20.7. The van der Waals surface area contributed by atoms with E-state index in [1.165, 1.54) is 36.0 Å². The van der Waals surface area contributed by atoms with E-state index in [4.69, 9.17) is 5.10 Å². The first-order valence-electron chi connectivity index (χ1n) is 12.3. The van der Waals surface area contributed by atoms with Gasteiger partial charge in [0.05, 0.1) is 28.5 Å². The van der Waals surface area contributed by atoms with Crippen molar-refractivity contribution in [2.24, 2.45) is 11.0 Å². The molecule has 1 aromatic heterocycles. The van der Waals surface area contributed by atoms with Crippen molar-refractivity contribution in [2.75, 3.05) is 5.75 Å². The predicted molar refractivity (Wildman–Crippen MR) is 142 cm³/mol. The van der Waals surface area contributed by atoms with Crippen molar-refractivity contribution < 1.29 is 13.6 Å². The Kier molecular flexibility index (Phi) is 6.34. The molecule has 6 rings (SSSR count).